The molecule has 0 unspecified atom stereocenters. The summed E-state index contributed by atoms with van der Waals surface area (Å²) < 4.78 is 2.11. The van der Waals surface area contributed by atoms with E-state index in [2.05, 4.69) is 45.7 Å². The second kappa shape index (κ2) is 7.33. The van der Waals surface area contributed by atoms with E-state index >= 15 is 0 Å². The SMILES string of the molecule is Cc1cc(NC(=O)Cc2csc(-n3c(C)ccc3C)n2)ccc1N(C)C. The molecule has 0 saturated carbocycles. The lowest BCUT2D eigenvalue weighted by Crippen LogP contribution is -2.15. The molecule has 0 bridgehead atoms. The fraction of sp³-hybridized carbons (Fsp3) is 0.300. The van der Waals surface area contributed by atoms with Gasteiger partial charge < -0.3 is 10.2 Å². The number of aromatic nitrogens is 2. The summed E-state index contributed by atoms with van der Waals surface area (Å²) in [6.45, 7) is 6.15. The highest BCUT2D eigenvalue weighted by Crippen LogP contribution is 2.23. The number of carbonyl (C=O) groups is 1. The average Bonchev–Trinajstić information content (AvgIpc) is 3.13. The van der Waals surface area contributed by atoms with E-state index in [9.17, 15) is 4.79 Å². The van der Waals surface area contributed by atoms with E-state index in [0.717, 1.165) is 39.2 Å². The lowest BCUT2D eigenvalue weighted by atomic mass is 10.1. The predicted octanol–water partition coefficient (Wildman–Crippen LogP) is 4.11. The number of nitrogens with zero attached hydrogens (tertiary/aromatic N) is 3. The second-order valence-electron chi connectivity index (χ2n) is 6.69. The molecule has 3 rings (SSSR count). The van der Waals surface area contributed by atoms with Crippen LogP contribution in [0.3, 0.4) is 0 Å². The van der Waals surface area contributed by atoms with E-state index in [4.69, 9.17) is 0 Å². The summed E-state index contributed by atoms with van der Waals surface area (Å²) in [6.07, 6.45) is 0.268. The third-order valence-electron chi connectivity index (χ3n) is 4.31. The van der Waals surface area contributed by atoms with Crippen molar-refractivity contribution in [1.29, 1.82) is 0 Å². The van der Waals surface area contributed by atoms with Gasteiger partial charge in [0.2, 0.25) is 5.91 Å². The normalized spacial score (nSPS) is 10.8. The largest absolute Gasteiger partial charge is 0.377 e. The molecule has 26 heavy (non-hydrogen) atoms. The van der Waals surface area contributed by atoms with Crippen molar-refractivity contribution in [3.8, 4) is 5.13 Å². The first-order valence-corrected chi connectivity index (χ1v) is 9.40. The second-order valence-corrected chi connectivity index (χ2v) is 7.53. The van der Waals surface area contributed by atoms with E-state index in [1.165, 1.54) is 0 Å². The van der Waals surface area contributed by atoms with Crippen LogP contribution in [0.25, 0.3) is 5.13 Å². The minimum absolute atomic E-state index is 0.0557. The fourth-order valence-electron chi connectivity index (χ4n) is 3.06. The summed E-state index contributed by atoms with van der Waals surface area (Å²) in [5, 5.41) is 5.82. The Labute approximate surface area is 158 Å². The van der Waals surface area contributed by atoms with Crippen molar-refractivity contribution in [2.24, 2.45) is 0 Å². The van der Waals surface area contributed by atoms with Crippen LogP contribution >= 0.6 is 11.3 Å². The maximum atomic E-state index is 12.4. The zero-order chi connectivity index (χ0) is 18.8. The molecule has 2 heterocycles. The topological polar surface area (TPSA) is 50.2 Å². The van der Waals surface area contributed by atoms with Crippen LogP contribution in [0.15, 0.2) is 35.7 Å². The lowest BCUT2D eigenvalue weighted by molar-refractivity contribution is -0.115. The lowest BCUT2D eigenvalue weighted by Gasteiger charge is -2.16. The summed E-state index contributed by atoms with van der Waals surface area (Å²) in [5.74, 6) is -0.0557. The van der Waals surface area contributed by atoms with Gasteiger partial charge in [0.1, 0.15) is 0 Å². The molecule has 0 spiro atoms. The van der Waals surface area contributed by atoms with Gasteiger partial charge in [0, 0.05) is 42.2 Å². The molecule has 5 nitrogen and oxygen atoms in total. The zero-order valence-electron chi connectivity index (χ0n) is 15.8. The molecule has 0 atom stereocenters. The highest BCUT2D eigenvalue weighted by Gasteiger charge is 2.12. The first-order valence-electron chi connectivity index (χ1n) is 8.52. The summed E-state index contributed by atoms with van der Waals surface area (Å²) >= 11 is 1.56. The van der Waals surface area contributed by atoms with Crippen LogP contribution in [0.4, 0.5) is 11.4 Å². The van der Waals surface area contributed by atoms with E-state index in [0.29, 0.717) is 0 Å². The van der Waals surface area contributed by atoms with E-state index in [1.807, 2.05) is 44.6 Å². The molecular formula is C20H24N4OS. The Bertz CT molecular complexity index is 920. The number of carbonyl (C=O) groups excluding carboxylic acids is 1. The van der Waals surface area contributed by atoms with Crippen LogP contribution in [-0.2, 0) is 11.2 Å². The van der Waals surface area contributed by atoms with E-state index < -0.39 is 0 Å². The molecule has 0 aliphatic rings. The molecule has 1 amide bonds. The first-order chi connectivity index (χ1) is 12.3. The standard InChI is InChI=1S/C20H24N4OS/c1-13-10-16(8-9-18(13)23(4)5)21-19(25)11-17-12-26-20(22-17)24-14(2)6-7-15(24)3/h6-10,12H,11H2,1-5H3,(H,21,25). The van der Waals surface area contributed by atoms with Gasteiger partial charge in [0.15, 0.2) is 5.13 Å². The average molecular weight is 369 g/mol. The van der Waals surface area contributed by atoms with Gasteiger partial charge in [0.05, 0.1) is 12.1 Å². The van der Waals surface area contributed by atoms with Crippen molar-refractivity contribution < 1.29 is 4.79 Å². The van der Waals surface area contributed by atoms with Crippen molar-refractivity contribution in [3.63, 3.8) is 0 Å². The molecule has 0 saturated heterocycles. The predicted molar refractivity (Wildman–Crippen MR) is 109 cm³/mol. The molecule has 0 aliphatic heterocycles. The Balaban J connectivity index is 1.69. The molecule has 0 fully saturated rings. The molecule has 3 aromatic rings. The van der Waals surface area contributed by atoms with Gasteiger partial charge in [-0.1, -0.05) is 0 Å². The Morgan fingerprint density at radius 2 is 1.85 bits per heavy atom. The maximum absolute atomic E-state index is 12.4. The third kappa shape index (κ3) is 3.80. The maximum Gasteiger partial charge on any atom is 0.230 e. The zero-order valence-corrected chi connectivity index (χ0v) is 16.6. The van der Waals surface area contributed by atoms with Crippen molar-refractivity contribution in [1.82, 2.24) is 9.55 Å². The quantitative estimate of drug-likeness (QED) is 0.737. The molecule has 1 aromatic carbocycles. The molecule has 0 aliphatic carbocycles. The van der Waals surface area contributed by atoms with Crippen LogP contribution < -0.4 is 10.2 Å². The Hall–Kier alpha value is -2.60. The van der Waals surface area contributed by atoms with Crippen LogP contribution in [-0.4, -0.2) is 29.6 Å². The fourth-order valence-corrected chi connectivity index (χ4v) is 4.00. The molecule has 1 N–H and O–H groups in total. The van der Waals surface area contributed by atoms with Gasteiger partial charge in [-0.25, -0.2) is 4.98 Å². The molecule has 136 valence electrons. The van der Waals surface area contributed by atoms with Crippen LogP contribution in [0.5, 0.6) is 0 Å². The van der Waals surface area contributed by atoms with Gasteiger partial charge >= 0.3 is 0 Å². The van der Waals surface area contributed by atoms with E-state index in [1.54, 1.807) is 11.3 Å². The molecule has 6 heteroatoms. The monoisotopic (exact) mass is 368 g/mol. The number of benzene rings is 1. The highest BCUT2D eigenvalue weighted by atomic mass is 32.1. The number of anilines is 2. The number of hydrogen-bond donors (Lipinski definition) is 1. The van der Waals surface area contributed by atoms with Crippen LogP contribution in [0.2, 0.25) is 0 Å². The first kappa shape index (κ1) is 18.2. The van der Waals surface area contributed by atoms with Gasteiger partial charge in [-0.15, -0.1) is 11.3 Å². The van der Waals surface area contributed by atoms with Gasteiger partial charge in [0.25, 0.3) is 0 Å². The van der Waals surface area contributed by atoms with Crippen LogP contribution in [0, 0.1) is 20.8 Å². The number of thiazole rings is 1. The van der Waals surface area contributed by atoms with Crippen molar-refractivity contribution in [2.45, 2.75) is 27.2 Å². The van der Waals surface area contributed by atoms with Gasteiger partial charge in [-0.3, -0.25) is 9.36 Å². The number of hydrogen-bond acceptors (Lipinski definition) is 4. The molecule has 2 aromatic heterocycles. The van der Waals surface area contributed by atoms with Crippen molar-refractivity contribution in [3.05, 3.63) is 58.4 Å². The Kier molecular flexibility index (Phi) is 5.13. The van der Waals surface area contributed by atoms with Gasteiger partial charge in [-0.05, 0) is 56.7 Å². The number of aryl methyl sites for hydroxylation is 3. The Morgan fingerprint density at radius 3 is 2.46 bits per heavy atom. The minimum atomic E-state index is -0.0557. The minimum Gasteiger partial charge on any atom is -0.377 e. The van der Waals surface area contributed by atoms with Crippen molar-refractivity contribution >= 4 is 28.6 Å². The van der Waals surface area contributed by atoms with Gasteiger partial charge in [-0.2, -0.15) is 0 Å². The highest BCUT2D eigenvalue weighted by molar-refractivity contribution is 7.12. The number of rotatable bonds is 5. The summed E-state index contributed by atoms with van der Waals surface area (Å²) in [4.78, 5) is 19.1. The number of nitrogens with one attached hydrogen (secondary N) is 1. The summed E-state index contributed by atoms with van der Waals surface area (Å²) in [6, 6.07) is 10.1. The summed E-state index contributed by atoms with van der Waals surface area (Å²) in [7, 11) is 4.02. The van der Waals surface area contributed by atoms with Crippen LogP contribution in [0.1, 0.15) is 22.6 Å². The Morgan fingerprint density at radius 1 is 1.15 bits per heavy atom. The third-order valence-corrected chi connectivity index (χ3v) is 5.18. The van der Waals surface area contributed by atoms with E-state index in [-0.39, 0.29) is 12.3 Å². The molecular weight excluding hydrogens is 344 g/mol. The number of amides is 1. The molecule has 0 radical (unpaired) electrons. The summed E-state index contributed by atoms with van der Waals surface area (Å²) in [5.41, 5.74) is 6.16. The smallest absolute Gasteiger partial charge is 0.230 e. The van der Waals surface area contributed by atoms with Crippen molar-refractivity contribution in [2.75, 3.05) is 24.3 Å².